The lowest BCUT2D eigenvalue weighted by Crippen LogP contribution is -2.15. The van der Waals surface area contributed by atoms with E-state index in [0.29, 0.717) is 11.1 Å². The van der Waals surface area contributed by atoms with E-state index >= 15 is 0 Å². The molecule has 1 aromatic carbocycles. The van der Waals surface area contributed by atoms with Crippen LogP contribution in [0.3, 0.4) is 0 Å². The van der Waals surface area contributed by atoms with Gasteiger partial charge in [0.25, 0.3) is 0 Å². The summed E-state index contributed by atoms with van der Waals surface area (Å²) in [6.07, 6.45) is 2.38. The molecular formula is C16H19N3OS. The van der Waals surface area contributed by atoms with Crippen LogP contribution >= 0.6 is 11.8 Å². The fourth-order valence-electron chi connectivity index (χ4n) is 2.28. The molecule has 0 amide bonds. The maximum absolute atomic E-state index is 12.6. The third-order valence-corrected chi connectivity index (χ3v) is 4.72. The van der Waals surface area contributed by atoms with Crippen molar-refractivity contribution in [1.29, 1.82) is 0 Å². The van der Waals surface area contributed by atoms with Crippen LogP contribution in [-0.2, 0) is 0 Å². The van der Waals surface area contributed by atoms with Gasteiger partial charge in [0.2, 0.25) is 5.16 Å². The number of nitrogens with one attached hydrogen (secondary N) is 1. The summed E-state index contributed by atoms with van der Waals surface area (Å²) < 4.78 is 0. The second-order valence-electron chi connectivity index (χ2n) is 5.72. The van der Waals surface area contributed by atoms with Crippen molar-refractivity contribution in [1.82, 2.24) is 15.2 Å². The van der Waals surface area contributed by atoms with Gasteiger partial charge in [-0.05, 0) is 45.2 Å². The summed E-state index contributed by atoms with van der Waals surface area (Å²) >= 11 is 1.42. The quantitative estimate of drug-likeness (QED) is 0.676. The third-order valence-electron chi connectivity index (χ3n) is 3.76. The van der Waals surface area contributed by atoms with E-state index in [2.05, 4.69) is 15.2 Å². The standard InChI is InChI=1S/C16H19N3OS/c1-9-4-5-10(2)13(8-9)14(20)11(3)21-16-17-15(18-19-16)12-6-7-12/h4-5,8,11-12H,6-7H2,1-3H3,(H,17,18,19)/t11-/m1/s1. The van der Waals surface area contributed by atoms with Gasteiger partial charge in [-0.3, -0.25) is 9.89 Å². The first kappa shape index (κ1) is 14.3. The first-order chi connectivity index (χ1) is 10.0. The number of thioether (sulfide) groups is 1. The Morgan fingerprint density at radius 1 is 1.38 bits per heavy atom. The molecule has 1 heterocycles. The van der Waals surface area contributed by atoms with E-state index in [1.165, 1.54) is 24.6 Å². The fourth-order valence-corrected chi connectivity index (χ4v) is 3.08. The molecule has 0 bridgehead atoms. The second-order valence-corrected chi connectivity index (χ2v) is 7.03. The van der Waals surface area contributed by atoms with Crippen LogP contribution in [-0.4, -0.2) is 26.2 Å². The van der Waals surface area contributed by atoms with Crippen molar-refractivity contribution in [2.75, 3.05) is 0 Å². The Labute approximate surface area is 128 Å². The maximum Gasteiger partial charge on any atom is 0.209 e. The Morgan fingerprint density at radius 3 is 2.86 bits per heavy atom. The number of hydrogen-bond acceptors (Lipinski definition) is 4. The number of nitrogens with zero attached hydrogens (tertiary/aromatic N) is 2. The summed E-state index contributed by atoms with van der Waals surface area (Å²) in [7, 11) is 0. The molecule has 1 fully saturated rings. The van der Waals surface area contributed by atoms with Crippen LogP contribution in [0.25, 0.3) is 0 Å². The summed E-state index contributed by atoms with van der Waals surface area (Å²) in [5.74, 6) is 1.65. The Balaban J connectivity index is 1.72. The summed E-state index contributed by atoms with van der Waals surface area (Å²) in [6.45, 7) is 5.90. The molecule has 21 heavy (non-hydrogen) atoms. The molecule has 3 rings (SSSR count). The maximum atomic E-state index is 12.6. The van der Waals surface area contributed by atoms with E-state index in [-0.39, 0.29) is 11.0 Å². The summed E-state index contributed by atoms with van der Waals surface area (Å²) in [4.78, 5) is 17.1. The highest BCUT2D eigenvalue weighted by Gasteiger charge is 2.28. The molecule has 0 unspecified atom stereocenters. The van der Waals surface area contributed by atoms with Gasteiger partial charge in [-0.1, -0.05) is 29.5 Å². The van der Waals surface area contributed by atoms with Crippen LogP contribution < -0.4 is 0 Å². The van der Waals surface area contributed by atoms with Crippen molar-refractivity contribution >= 4 is 17.5 Å². The number of benzene rings is 1. The van der Waals surface area contributed by atoms with Crippen LogP contribution in [0.4, 0.5) is 0 Å². The molecule has 110 valence electrons. The topological polar surface area (TPSA) is 58.6 Å². The van der Waals surface area contributed by atoms with Gasteiger partial charge in [0, 0.05) is 11.5 Å². The molecule has 1 saturated carbocycles. The zero-order valence-corrected chi connectivity index (χ0v) is 13.3. The molecule has 1 N–H and O–H groups in total. The van der Waals surface area contributed by atoms with Gasteiger partial charge in [-0.2, -0.15) is 0 Å². The van der Waals surface area contributed by atoms with Crippen LogP contribution in [0, 0.1) is 13.8 Å². The highest BCUT2D eigenvalue weighted by Crippen LogP contribution is 2.38. The molecule has 1 aliphatic carbocycles. The van der Waals surface area contributed by atoms with Gasteiger partial charge in [0.1, 0.15) is 5.82 Å². The lowest BCUT2D eigenvalue weighted by atomic mass is 10.0. The number of carbonyl (C=O) groups is 1. The first-order valence-corrected chi connectivity index (χ1v) is 8.13. The number of aromatic nitrogens is 3. The molecule has 0 aliphatic heterocycles. The van der Waals surface area contributed by atoms with E-state index in [4.69, 9.17) is 0 Å². The molecule has 1 aliphatic rings. The van der Waals surface area contributed by atoms with Gasteiger partial charge >= 0.3 is 0 Å². The second kappa shape index (κ2) is 5.64. The SMILES string of the molecule is Cc1ccc(C)c(C(=O)[C@@H](C)Sc2n[nH]c(C3CC3)n2)c1. The predicted molar refractivity (Wildman–Crippen MR) is 83.9 cm³/mol. The minimum absolute atomic E-state index is 0.138. The minimum atomic E-state index is -0.187. The molecule has 0 radical (unpaired) electrons. The van der Waals surface area contributed by atoms with Crippen molar-refractivity contribution in [3.05, 3.63) is 40.7 Å². The molecular weight excluding hydrogens is 282 g/mol. The van der Waals surface area contributed by atoms with Crippen molar-refractivity contribution in [3.8, 4) is 0 Å². The van der Waals surface area contributed by atoms with Gasteiger partial charge in [-0.25, -0.2) is 4.98 Å². The zero-order valence-electron chi connectivity index (χ0n) is 12.5. The smallest absolute Gasteiger partial charge is 0.209 e. The number of Topliss-reactive ketones (excluding diaryl/α,β-unsaturated/α-hetero) is 1. The van der Waals surface area contributed by atoms with Crippen LogP contribution in [0.1, 0.15) is 53.0 Å². The highest BCUT2D eigenvalue weighted by atomic mass is 32.2. The fraction of sp³-hybridized carbons (Fsp3) is 0.438. The van der Waals surface area contributed by atoms with E-state index in [1.54, 1.807) is 0 Å². The molecule has 5 heteroatoms. The van der Waals surface area contributed by atoms with Crippen molar-refractivity contribution < 1.29 is 4.79 Å². The molecule has 1 aromatic heterocycles. The van der Waals surface area contributed by atoms with E-state index in [0.717, 1.165) is 22.5 Å². The van der Waals surface area contributed by atoms with Gasteiger partial charge in [0.05, 0.1) is 5.25 Å². The molecule has 0 spiro atoms. The third kappa shape index (κ3) is 3.18. The van der Waals surface area contributed by atoms with E-state index in [1.807, 2.05) is 39.0 Å². The van der Waals surface area contributed by atoms with Crippen molar-refractivity contribution in [2.24, 2.45) is 0 Å². The number of aryl methyl sites for hydroxylation is 2. The molecule has 0 saturated heterocycles. The van der Waals surface area contributed by atoms with E-state index < -0.39 is 0 Å². The number of hydrogen-bond donors (Lipinski definition) is 1. The van der Waals surface area contributed by atoms with Crippen LogP contribution in [0.15, 0.2) is 23.4 Å². The number of rotatable bonds is 5. The van der Waals surface area contributed by atoms with Gasteiger partial charge in [-0.15, -0.1) is 5.10 Å². The highest BCUT2D eigenvalue weighted by molar-refractivity contribution is 8.00. The summed E-state index contributed by atoms with van der Waals surface area (Å²) in [5, 5.41) is 7.67. The average Bonchev–Trinajstić information content (AvgIpc) is 3.21. The summed E-state index contributed by atoms with van der Waals surface area (Å²) in [5.41, 5.74) is 2.93. The first-order valence-electron chi connectivity index (χ1n) is 7.25. The Hall–Kier alpha value is -1.62. The predicted octanol–water partition coefficient (Wildman–Crippen LogP) is 3.66. The zero-order chi connectivity index (χ0) is 15.0. The van der Waals surface area contributed by atoms with Crippen LogP contribution in [0.5, 0.6) is 0 Å². The molecule has 1 atom stereocenters. The average molecular weight is 301 g/mol. The monoisotopic (exact) mass is 301 g/mol. The number of ketones is 1. The number of carbonyl (C=O) groups excluding carboxylic acids is 1. The summed E-state index contributed by atoms with van der Waals surface area (Å²) in [6, 6.07) is 5.99. The Kier molecular flexibility index (Phi) is 3.85. The normalized spacial score (nSPS) is 16.0. The number of aromatic amines is 1. The minimum Gasteiger partial charge on any atom is -0.293 e. The Bertz CT molecular complexity index is 676. The van der Waals surface area contributed by atoms with Crippen molar-refractivity contribution in [2.45, 2.75) is 49.9 Å². The van der Waals surface area contributed by atoms with Gasteiger partial charge < -0.3 is 0 Å². The molecule has 4 nitrogen and oxygen atoms in total. The Morgan fingerprint density at radius 2 is 2.14 bits per heavy atom. The molecule has 2 aromatic rings. The van der Waals surface area contributed by atoms with Crippen molar-refractivity contribution in [3.63, 3.8) is 0 Å². The largest absolute Gasteiger partial charge is 0.293 e. The lowest BCUT2D eigenvalue weighted by molar-refractivity contribution is 0.0993. The van der Waals surface area contributed by atoms with Crippen LogP contribution in [0.2, 0.25) is 0 Å². The van der Waals surface area contributed by atoms with Gasteiger partial charge in [0.15, 0.2) is 5.78 Å². The lowest BCUT2D eigenvalue weighted by Gasteiger charge is -2.11. The number of H-pyrrole nitrogens is 1. The van der Waals surface area contributed by atoms with E-state index in [9.17, 15) is 4.79 Å².